The molecule has 0 amide bonds. The number of hydrogen-bond donors (Lipinski definition) is 1. The number of hydrogen-bond acceptors (Lipinski definition) is 2. The summed E-state index contributed by atoms with van der Waals surface area (Å²) in [5.74, 6) is -1.75. The second-order valence-corrected chi connectivity index (χ2v) is 4.82. The van der Waals surface area contributed by atoms with E-state index in [0.717, 1.165) is 16.6 Å². The number of rotatable bonds is 3. The zero-order valence-corrected chi connectivity index (χ0v) is 11.3. The van der Waals surface area contributed by atoms with Crippen LogP contribution in [0.2, 0.25) is 0 Å². The smallest absolute Gasteiger partial charge is 0.159 e. The minimum atomic E-state index is -0.879. The summed E-state index contributed by atoms with van der Waals surface area (Å²) in [4.78, 5) is 0. The molecular formula is C14H9BrF2N2. The lowest BCUT2D eigenvalue weighted by molar-refractivity contribution is 0.507. The summed E-state index contributed by atoms with van der Waals surface area (Å²) in [7, 11) is 0. The van der Waals surface area contributed by atoms with Crippen molar-refractivity contribution in [1.29, 1.82) is 5.26 Å². The van der Waals surface area contributed by atoms with E-state index in [2.05, 4.69) is 27.3 Å². The van der Waals surface area contributed by atoms with Crippen molar-refractivity contribution in [2.45, 2.75) is 6.54 Å². The number of benzene rings is 2. The minimum absolute atomic E-state index is 0.313. The molecule has 0 radical (unpaired) electrons. The van der Waals surface area contributed by atoms with Crippen LogP contribution in [-0.4, -0.2) is 0 Å². The highest BCUT2D eigenvalue weighted by molar-refractivity contribution is 9.10. The first-order chi connectivity index (χ1) is 9.10. The fourth-order valence-corrected chi connectivity index (χ4v) is 1.97. The van der Waals surface area contributed by atoms with Gasteiger partial charge in [0.2, 0.25) is 0 Å². The largest absolute Gasteiger partial charge is 0.380 e. The van der Waals surface area contributed by atoms with E-state index in [-0.39, 0.29) is 0 Å². The molecule has 0 aliphatic carbocycles. The number of nitriles is 1. The average Bonchev–Trinajstić information content (AvgIpc) is 2.41. The SMILES string of the molecule is N#Cc1cc(Br)ccc1NCc1ccc(F)c(F)c1. The highest BCUT2D eigenvalue weighted by Gasteiger charge is 2.05. The van der Waals surface area contributed by atoms with Gasteiger partial charge in [0.05, 0.1) is 11.3 Å². The molecule has 2 rings (SSSR count). The van der Waals surface area contributed by atoms with E-state index in [9.17, 15) is 8.78 Å². The fourth-order valence-electron chi connectivity index (χ4n) is 1.61. The normalized spacial score (nSPS) is 10.0. The number of anilines is 1. The lowest BCUT2D eigenvalue weighted by atomic mass is 10.1. The Morgan fingerprint density at radius 3 is 2.58 bits per heavy atom. The van der Waals surface area contributed by atoms with E-state index in [1.165, 1.54) is 6.07 Å². The molecule has 0 bridgehead atoms. The highest BCUT2D eigenvalue weighted by atomic mass is 79.9. The molecule has 1 N–H and O–H groups in total. The van der Waals surface area contributed by atoms with E-state index >= 15 is 0 Å². The maximum Gasteiger partial charge on any atom is 0.159 e. The van der Waals surface area contributed by atoms with Gasteiger partial charge >= 0.3 is 0 Å². The van der Waals surface area contributed by atoms with Crippen molar-refractivity contribution in [1.82, 2.24) is 0 Å². The molecular weight excluding hydrogens is 314 g/mol. The first-order valence-corrected chi connectivity index (χ1v) is 6.27. The molecule has 96 valence electrons. The maximum atomic E-state index is 13.0. The molecule has 19 heavy (non-hydrogen) atoms. The van der Waals surface area contributed by atoms with Crippen LogP contribution in [0.4, 0.5) is 14.5 Å². The second kappa shape index (κ2) is 5.81. The third-order valence-electron chi connectivity index (χ3n) is 2.57. The van der Waals surface area contributed by atoms with Gasteiger partial charge in [0.1, 0.15) is 6.07 Å². The Morgan fingerprint density at radius 1 is 1.11 bits per heavy atom. The van der Waals surface area contributed by atoms with E-state index in [4.69, 9.17) is 5.26 Å². The summed E-state index contributed by atoms with van der Waals surface area (Å²) >= 11 is 3.28. The molecule has 5 heteroatoms. The van der Waals surface area contributed by atoms with Crippen LogP contribution in [0.1, 0.15) is 11.1 Å². The monoisotopic (exact) mass is 322 g/mol. The van der Waals surface area contributed by atoms with Crippen LogP contribution in [0.5, 0.6) is 0 Å². The predicted octanol–water partition coefficient (Wildman–Crippen LogP) is 4.21. The van der Waals surface area contributed by atoms with E-state index in [1.807, 2.05) is 0 Å². The van der Waals surface area contributed by atoms with Gasteiger partial charge in [0.15, 0.2) is 11.6 Å². The van der Waals surface area contributed by atoms with Gasteiger partial charge < -0.3 is 5.32 Å². The molecule has 0 spiro atoms. The highest BCUT2D eigenvalue weighted by Crippen LogP contribution is 2.21. The summed E-state index contributed by atoms with van der Waals surface area (Å²) in [6.45, 7) is 0.313. The van der Waals surface area contributed by atoms with E-state index in [1.54, 1.807) is 18.2 Å². The molecule has 0 saturated carbocycles. The van der Waals surface area contributed by atoms with Gasteiger partial charge in [0, 0.05) is 11.0 Å². The molecule has 0 fully saturated rings. The molecule has 0 aliphatic rings. The summed E-state index contributed by atoms with van der Waals surface area (Å²) in [5, 5.41) is 12.0. The van der Waals surface area contributed by atoms with Crippen LogP contribution >= 0.6 is 15.9 Å². The summed E-state index contributed by atoms with van der Waals surface area (Å²) in [5.41, 5.74) is 1.73. The van der Waals surface area contributed by atoms with Crippen molar-refractivity contribution in [3.05, 3.63) is 63.6 Å². The average molecular weight is 323 g/mol. The quantitative estimate of drug-likeness (QED) is 0.918. The van der Waals surface area contributed by atoms with Crippen molar-refractivity contribution in [2.24, 2.45) is 0 Å². The van der Waals surface area contributed by atoms with E-state index < -0.39 is 11.6 Å². The van der Waals surface area contributed by atoms with Crippen LogP contribution in [0.25, 0.3) is 0 Å². The van der Waals surface area contributed by atoms with Crippen molar-refractivity contribution in [3.8, 4) is 6.07 Å². The van der Waals surface area contributed by atoms with Gasteiger partial charge in [-0.3, -0.25) is 0 Å². The Kier molecular flexibility index (Phi) is 4.13. The molecule has 2 aromatic carbocycles. The van der Waals surface area contributed by atoms with Crippen molar-refractivity contribution < 1.29 is 8.78 Å². The van der Waals surface area contributed by atoms with Crippen LogP contribution in [0, 0.1) is 23.0 Å². The van der Waals surface area contributed by atoms with Crippen LogP contribution < -0.4 is 5.32 Å². The Labute approximate surface area is 117 Å². The van der Waals surface area contributed by atoms with Crippen molar-refractivity contribution in [3.63, 3.8) is 0 Å². The first kappa shape index (κ1) is 13.5. The second-order valence-electron chi connectivity index (χ2n) is 3.90. The Balaban J connectivity index is 2.14. The Bertz CT molecular complexity index is 650. The molecule has 0 unspecified atom stereocenters. The van der Waals surface area contributed by atoms with Gasteiger partial charge in [-0.05, 0) is 35.9 Å². The first-order valence-electron chi connectivity index (χ1n) is 5.47. The minimum Gasteiger partial charge on any atom is -0.380 e. The Hall–Kier alpha value is -1.93. The van der Waals surface area contributed by atoms with Crippen LogP contribution in [0.3, 0.4) is 0 Å². The van der Waals surface area contributed by atoms with Gasteiger partial charge in [-0.15, -0.1) is 0 Å². The summed E-state index contributed by atoms with van der Waals surface area (Å²) in [6, 6.07) is 11.0. The van der Waals surface area contributed by atoms with E-state index in [0.29, 0.717) is 23.4 Å². The fraction of sp³-hybridized carbons (Fsp3) is 0.0714. The van der Waals surface area contributed by atoms with Gasteiger partial charge in [-0.25, -0.2) is 8.78 Å². The zero-order chi connectivity index (χ0) is 13.8. The number of nitrogens with one attached hydrogen (secondary N) is 1. The molecule has 0 aliphatic heterocycles. The molecule has 0 aromatic heterocycles. The summed E-state index contributed by atoms with van der Waals surface area (Å²) < 4.78 is 26.6. The van der Waals surface area contributed by atoms with Crippen molar-refractivity contribution >= 4 is 21.6 Å². The molecule has 2 aromatic rings. The number of nitrogens with zero attached hydrogens (tertiary/aromatic N) is 1. The van der Waals surface area contributed by atoms with Crippen LogP contribution in [-0.2, 0) is 6.54 Å². The van der Waals surface area contributed by atoms with Gasteiger partial charge in [-0.1, -0.05) is 22.0 Å². The lowest BCUT2D eigenvalue weighted by Gasteiger charge is -2.09. The lowest BCUT2D eigenvalue weighted by Crippen LogP contribution is -2.02. The standard InChI is InChI=1S/C14H9BrF2N2/c15-11-2-4-14(10(6-11)7-18)19-8-9-1-3-12(16)13(17)5-9/h1-6,19H,8H2. The third kappa shape index (κ3) is 3.30. The summed E-state index contributed by atoms with van der Waals surface area (Å²) in [6.07, 6.45) is 0. The Morgan fingerprint density at radius 2 is 1.89 bits per heavy atom. The van der Waals surface area contributed by atoms with Gasteiger partial charge in [-0.2, -0.15) is 5.26 Å². The molecule has 0 heterocycles. The molecule has 0 atom stereocenters. The molecule has 2 nitrogen and oxygen atoms in total. The number of halogens is 3. The molecule has 0 saturated heterocycles. The van der Waals surface area contributed by atoms with Gasteiger partial charge in [0.25, 0.3) is 0 Å². The maximum absolute atomic E-state index is 13.0. The third-order valence-corrected chi connectivity index (χ3v) is 3.06. The van der Waals surface area contributed by atoms with Crippen LogP contribution in [0.15, 0.2) is 40.9 Å². The topological polar surface area (TPSA) is 35.8 Å². The van der Waals surface area contributed by atoms with Crippen molar-refractivity contribution in [2.75, 3.05) is 5.32 Å². The predicted molar refractivity (Wildman–Crippen MR) is 72.5 cm³/mol. The zero-order valence-electron chi connectivity index (χ0n) is 9.75.